The number of hydrogen-bond acceptors (Lipinski definition) is 1. The van der Waals surface area contributed by atoms with Crippen molar-refractivity contribution in [1.82, 2.24) is 0 Å². The summed E-state index contributed by atoms with van der Waals surface area (Å²) in [5.74, 6) is 0. The number of fused-ring (bicyclic) bond motifs is 3. The quantitative estimate of drug-likeness (QED) is 0.176. The molecular formula is C48H41N. The Hall–Kier alpha value is -5.66. The molecule has 7 aromatic carbocycles. The molecule has 238 valence electrons. The zero-order valence-corrected chi connectivity index (χ0v) is 28.7. The Bertz CT molecular complexity index is 2190. The Labute approximate surface area is 291 Å². The van der Waals surface area contributed by atoms with E-state index in [9.17, 15) is 0 Å². The van der Waals surface area contributed by atoms with Gasteiger partial charge < -0.3 is 4.90 Å². The molecule has 7 aromatic rings. The second kappa shape index (κ2) is 12.1. The Balaban J connectivity index is 1.39. The van der Waals surface area contributed by atoms with Crippen molar-refractivity contribution >= 4 is 17.1 Å². The van der Waals surface area contributed by atoms with E-state index in [4.69, 9.17) is 0 Å². The van der Waals surface area contributed by atoms with Crippen molar-refractivity contribution in [2.45, 2.75) is 38.5 Å². The molecule has 1 nitrogen and oxygen atoms in total. The number of anilines is 3. The van der Waals surface area contributed by atoms with Gasteiger partial charge >= 0.3 is 0 Å². The Morgan fingerprint density at radius 1 is 0.306 bits per heavy atom. The molecule has 0 saturated carbocycles. The van der Waals surface area contributed by atoms with Crippen molar-refractivity contribution in [2.24, 2.45) is 0 Å². The predicted molar refractivity (Wildman–Crippen MR) is 209 cm³/mol. The van der Waals surface area contributed by atoms with Crippen molar-refractivity contribution in [3.8, 4) is 44.5 Å². The zero-order chi connectivity index (χ0) is 33.6. The van der Waals surface area contributed by atoms with Crippen LogP contribution in [-0.2, 0) is 10.8 Å². The van der Waals surface area contributed by atoms with Crippen LogP contribution >= 0.6 is 0 Å². The molecule has 0 heterocycles. The maximum Gasteiger partial charge on any atom is 0.0540 e. The van der Waals surface area contributed by atoms with E-state index in [0.29, 0.717) is 0 Å². The van der Waals surface area contributed by atoms with Crippen LogP contribution in [0, 0.1) is 0 Å². The smallest absolute Gasteiger partial charge is 0.0540 e. The van der Waals surface area contributed by atoms with Gasteiger partial charge in [-0.25, -0.2) is 0 Å². The minimum Gasteiger partial charge on any atom is -0.309 e. The van der Waals surface area contributed by atoms with Crippen molar-refractivity contribution in [1.29, 1.82) is 0 Å². The summed E-state index contributed by atoms with van der Waals surface area (Å²) in [7, 11) is 0. The van der Waals surface area contributed by atoms with E-state index in [0.717, 1.165) is 17.1 Å². The third-order valence-corrected chi connectivity index (χ3v) is 11.1. The highest BCUT2D eigenvalue weighted by Crippen LogP contribution is 2.55. The molecule has 1 aliphatic rings. The van der Waals surface area contributed by atoms with Crippen LogP contribution < -0.4 is 4.90 Å². The number of nitrogens with zero attached hydrogens (tertiary/aromatic N) is 1. The van der Waals surface area contributed by atoms with E-state index < -0.39 is 0 Å². The molecule has 0 fully saturated rings. The lowest BCUT2D eigenvalue weighted by molar-refractivity contribution is 0.299. The first-order chi connectivity index (χ1) is 23.9. The minimum atomic E-state index is -0.0822. The normalized spacial score (nSPS) is 14.0. The Morgan fingerprint density at radius 2 is 0.673 bits per heavy atom. The van der Waals surface area contributed by atoms with Crippen LogP contribution in [0.3, 0.4) is 0 Å². The van der Waals surface area contributed by atoms with Gasteiger partial charge in [0.15, 0.2) is 0 Å². The van der Waals surface area contributed by atoms with Crippen LogP contribution in [0.4, 0.5) is 17.1 Å². The monoisotopic (exact) mass is 631 g/mol. The molecule has 0 unspecified atom stereocenters. The number of benzene rings is 7. The van der Waals surface area contributed by atoms with Crippen LogP contribution in [0.2, 0.25) is 0 Å². The standard InChI is InChI=1S/C48H41N/c1-47(2)42-27-15-11-26-40(42)41-32-31-36(33-43(41)48(47,3)4)39-25-14-18-30-46(39)49(44-28-16-12-23-37(44)34-19-7-5-8-20-34)45-29-17-13-24-38(45)35-21-9-6-10-22-35/h5-33H,1-4H3. The highest BCUT2D eigenvalue weighted by molar-refractivity contribution is 5.97. The maximum absolute atomic E-state index is 2.48. The van der Waals surface area contributed by atoms with Gasteiger partial charge in [-0.1, -0.05) is 179 Å². The summed E-state index contributed by atoms with van der Waals surface area (Å²) in [4.78, 5) is 2.48. The van der Waals surface area contributed by atoms with Gasteiger partial charge in [0.25, 0.3) is 0 Å². The van der Waals surface area contributed by atoms with Crippen LogP contribution in [0.25, 0.3) is 44.5 Å². The van der Waals surface area contributed by atoms with Gasteiger partial charge in [0.1, 0.15) is 0 Å². The average Bonchev–Trinajstić information content (AvgIpc) is 3.15. The first-order valence-electron chi connectivity index (χ1n) is 17.3. The largest absolute Gasteiger partial charge is 0.309 e. The van der Waals surface area contributed by atoms with Crippen molar-refractivity contribution in [2.75, 3.05) is 4.90 Å². The third-order valence-electron chi connectivity index (χ3n) is 11.1. The summed E-state index contributed by atoms with van der Waals surface area (Å²) in [5, 5.41) is 0. The second-order valence-corrected chi connectivity index (χ2v) is 14.2. The molecule has 0 N–H and O–H groups in total. The molecule has 0 saturated heterocycles. The predicted octanol–water partition coefficient (Wildman–Crippen LogP) is 13.4. The van der Waals surface area contributed by atoms with Gasteiger partial charge in [-0.15, -0.1) is 0 Å². The summed E-state index contributed by atoms with van der Waals surface area (Å²) >= 11 is 0. The lowest BCUT2D eigenvalue weighted by atomic mass is 9.55. The topological polar surface area (TPSA) is 3.24 Å². The first-order valence-corrected chi connectivity index (χ1v) is 17.3. The first kappa shape index (κ1) is 30.7. The second-order valence-electron chi connectivity index (χ2n) is 14.2. The average molecular weight is 632 g/mol. The molecule has 0 amide bonds. The SMILES string of the molecule is CC1(C)c2ccccc2-c2ccc(-c3ccccc3N(c3ccccc3-c3ccccc3)c3ccccc3-c3ccccc3)cc2C1(C)C. The molecular weight excluding hydrogens is 591 g/mol. The molecule has 0 aliphatic heterocycles. The summed E-state index contributed by atoms with van der Waals surface area (Å²) < 4.78 is 0. The van der Waals surface area contributed by atoms with Gasteiger partial charge in [-0.05, 0) is 74.0 Å². The molecule has 0 bridgehead atoms. The maximum atomic E-state index is 2.48. The Morgan fingerprint density at radius 3 is 1.18 bits per heavy atom. The highest BCUT2D eigenvalue weighted by atomic mass is 15.1. The van der Waals surface area contributed by atoms with E-state index in [1.807, 2.05) is 0 Å². The number of para-hydroxylation sites is 3. The fourth-order valence-electron chi connectivity index (χ4n) is 7.76. The zero-order valence-electron chi connectivity index (χ0n) is 28.7. The van der Waals surface area contributed by atoms with Crippen LogP contribution in [0.1, 0.15) is 38.8 Å². The van der Waals surface area contributed by atoms with E-state index >= 15 is 0 Å². The fraction of sp³-hybridized carbons (Fsp3) is 0.125. The fourth-order valence-corrected chi connectivity index (χ4v) is 7.76. The van der Waals surface area contributed by atoms with E-state index in [1.165, 1.54) is 55.6 Å². The van der Waals surface area contributed by atoms with Gasteiger partial charge in [-0.2, -0.15) is 0 Å². The van der Waals surface area contributed by atoms with Crippen molar-refractivity contribution in [3.05, 3.63) is 187 Å². The van der Waals surface area contributed by atoms with Crippen LogP contribution in [0.15, 0.2) is 176 Å². The van der Waals surface area contributed by atoms with E-state index in [2.05, 4.69) is 209 Å². The summed E-state index contributed by atoms with van der Waals surface area (Å²) in [6, 6.07) is 64.1. The number of hydrogen-bond donors (Lipinski definition) is 0. The summed E-state index contributed by atoms with van der Waals surface area (Å²) in [5.41, 5.74) is 16.0. The van der Waals surface area contributed by atoms with Crippen molar-refractivity contribution in [3.63, 3.8) is 0 Å². The summed E-state index contributed by atoms with van der Waals surface area (Å²) in [6.45, 7) is 9.63. The molecule has 49 heavy (non-hydrogen) atoms. The minimum absolute atomic E-state index is 0.0377. The van der Waals surface area contributed by atoms with Gasteiger partial charge in [0, 0.05) is 16.7 Å². The molecule has 0 atom stereocenters. The van der Waals surface area contributed by atoms with Crippen LogP contribution in [0.5, 0.6) is 0 Å². The lowest BCUT2D eigenvalue weighted by Crippen LogP contribution is -2.43. The number of rotatable bonds is 6. The van der Waals surface area contributed by atoms with E-state index in [1.54, 1.807) is 0 Å². The van der Waals surface area contributed by atoms with Gasteiger partial charge in [-0.3, -0.25) is 0 Å². The highest BCUT2D eigenvalue weighted by Gasteiger charge is 2.45. The Kier molecular flexibility index (Phi) is 7.57. The summed E-state index contributed by atoms with van der Waals surface area (Å²) in [6.07, 6.45) is 0. The van der Waals surface area contributed by atoms with Crippen molar-refractivity contribution < 1.29 is 0 Å². The van der Waals surface area contributed by atoms with Gasteiger partial charge in [0.2, 0.25) is 0 Å². The lowest BCUT2D eigenvalue weighted by Gasteiger charge is -2.48. The molecule has 0 radical (unpaired) electrons. The molecule has 8 rings (SSSR count). The van der Waals surface area contributed by atoms with Gasteiger partial charge in [0.05, 0.1) is 17.1 Å². The molecule has 0 aromatic heterocycles. The third kappa shape index (κ3) is 5.09. The molecule has 1 heteroatoms. The van der Waals surface area contributed by atoms with E-state index in [-0.39, 0.29) is 10.8 Å². The molecule has 0 spiro atoms. The van der Waals surface area contributed by atoms with Crippen LogP contribution in [-0.4, -0.2) is 0 Å². The molecule has 1 aliphatic carbocycles.